The third kappa shape index (κ3) is 3.11. The third-order valence-electron chi connectivity index (χ3n) is 2.78. The van der Waals surface area contributed by atoms with Crippen molar-refractivity contribution in [2.45, 2.75) is 19.4 Å². The van der Waals surface area contributed by atoms with E-state index in [-0.39, 0.29) is 5.91 Å². The maximum Gasteiger partial charge on any atom is 0.329 e. The van der Waals surface area contributed by atoms with Gasteiger partial charge in [0.15, 0.2) is 0 Å². The molecule has 0 atom stereocenters. The molecule has 98 valence electrons. The summed E-state index contributed by atoms with van der Waals surface area (Å²) in [7, 11) is 1.48. The molecule has 4 nitrogen and oxygen atoms in total. The number of carboxylic acids is 1. The van der Waals surface area contributed by atoms with Gasteiger partial charge in [-0.2, -0.15) is 0 Å². The van der Waals surface area contributed by atoms with Crippen LogP contribution in [0.5, 0.6) is 0 Å². The summed E-state index contributed by atoms with van der Waals surface area (Å²) in [4.78, 5) is 24.6. The van der Waals surface area contributed by atoms with E-state index in [9.17, 15) is 9.59 Å². The van der Waals surface area contributed by atoms with Gasteiger partial charge in [0.05, 0.1) is 0 Å². The average molecular weight is 379 g/mol. The Bertz CT molecular complexity index is 480. The molecule has 0 saturated heterocycles. The van der Waals surface area contributed by atoms with Crippen molar-refractivity contribution in [2.24, 2.45) is 0 Å². The molecule has 1 aromatic carbocycles. The molecule has 18 heavy (non-hydrogen) atoms. The largest absolute Gasteiger partial charge is 0.480 e. The number of carbonyl (C=O) groups is 2. The first-order chi connectivity index (χ1) is 8.16. The highest BCUT2D eigenvalue weighted by Gasteiger charge is 2.35. The monoisotopic (exact) mass is 377 g/mol. The zero-order valence-electron chi connectivity index (χ0n) is 10.2. The molecule has 0 aliphatic carbocycles. The molecule has 0 unspecified atom stereocenters. The van der Waals surface area contributed by atoms with Gasteiger partial charge in [-0.25, -0.2) is 4.79 Å². The van der Waals surface area contributed by atoms with Crippen molar-refractivity contribution in [2.75, 3.05) is 7.05 Å². The lowest BCUT2D eigenvalue weighted by atomic mass is 10.0. The summed E-state index contributed by atoms with van der Waals surface area (Å²) >= 11 is 6.59. The fourth-order valence-corrected chi connectivity index (χ4v) is 2.56. The first-order valence-electron chi connectivity index (χ1n) is 5.14. The molecule has 0 saturated carbocycles. The van der Waals surface area contributed by atoms with Crippen LogP contribution in [0.2, 0.25) is 0 Å². The number of aliphatic carboxylic acids is 1. The normalized spacial score (nSPS) is 11.2. The van der Waals surface area contributed by atoms with Crippen molar-refractivity contribution in [1.29, 1.82) is 0 Å². The van der Waals surface area contributed by atoms with Crippen molar-refractivity contribution in [3.8, 4) is 0 Å². The number of hydrogen-bond donors (Lipinski definition) is 1. The number of benzene rings is 1. The molecule has 1 N–H and O–H groups in total. The molecular weight excluding hydrogens is 366 g/mol. The van der Waals surface area contributed by atoms with Crippen molar-refractivity contribution in [3.05, 3.63) is 32.7 Å². The molecule has 0 aliphatic heterocycles. The summed E-state index contributed by atoms with van der Waals surface area (Å²) in [5.74, 6) is -1.39. The molecule has 0 heterocycles. The summed E-state index contributed by atoms with van der Waals surface area (Å²) in [5, 5.41) is 9.10. The molecule has 0 aliphatic rings. The highest BCUT2D eigenvalue weighted by atomic mass is 79.9. The summed E-state index contributed by atoms with van der Waals surface area (Å²) < 4.78 is 1.50. The van der Waals surface area contributed by atoms with Gasteiger partial charge >= 0.3 is 5.97 Å². The van der Waals surface area contributed by atoms with Crippen LogP contribution in [0, 0.1) is 0 Å². The van der Waals surface area contributed by atoms with E-state index in [1.54, 1.807) is 18.2 Å². The lowest BCUT2D eigenvalue weighted by Gasteiger charge is -2.31. The molecule has 0 spiro atoms. The van der Waals surface area contributed by atoms with Gasteiger partial charge in [0.25, 0.3) is 5.91 Å². The summed E-state index contributed by atoms with van der Waals surface area (Å²) in [6, 6.07) is 5.11. The molecule has 6 heteroatoms. The third-order valence-corrected chi connectivity index (χ3v) is 3.69. The number of halogens is 2. The Morgan fingerprint density at radius 2 is 1.61 bits per heavy atom. The topological polar surface area (TPSA) is 57.6 Å². The van der Waals surface area contributed by atoms with Crippen LogP contribution in [0.3, 0.4) is 0 Å². The van der Waals surface area contributed by atoms with Crippen LogP contribution >= 0.6 is 31.9 Å². The van der Waals surface area contributed by atoms with Gasteiger partial charge in [-0.15, -0.1) is 0 Å². The molecule has 0 bridgehead atoms. The van der Waals surface area contributed by atoms with Crippen LogP contribution in [0.25, 0.3) is 0 Å². The zero-order chi connectivity index (χ0) is 14.1. The van der Waals surface area contributed by atoms with Crippen molar-refractivity contribution in [1.82, 2.24) is 4.90 Å². The maximum absolute atomic E-state index is 12.2. The second-order valence-corrected chi connectivity index (χ2v) is 6.22. The number of hydrogen-bond acceptors (Lipinski definition) is 2. The smallest absolute Gasteiger partial charge is 0.329 e. The average Bonchev–Trinajstić information content (AvgIpc) is 2.25. The summed E-state index contributed by atoms with van der Waals surface area (Å²) in [6.07, 6.45) is 0. The molecule has 1 rings (SSSR count). The molecule has 0 radical (unpaired) electrons. The number of amides is 1. The second kappa shape index (κ2) is 5.40. The van der Waals surface area contributed by atoms with Gasteiger partial charge < -0.3 is 10.0 Å². The maximum atomic E-state index is 12.2. The van der Waals surface area contributed by atoms with E-state index in [0.29, 0.717) is 5.56 Å². The Morgan fingerprint density at radius 1 is 1.17 bits per heavy atom. The number of nitrogens with zero attached hydrogens (tertiary/aromatic N) is 1. The second-order valence-electron chi connectivity index (χ2n) is 4.39. The van der Waals surface area contributed by atoms with Crippen LogP contribution in [0.4, 0.5) is 0 Å². The summed E-state index contributed by atoms with van der Waals surface area (Å²) in [5.41, 5.74) is -0.834. The van der Waals surface area contributed by atoms with E-state index in [1.165, 1.54) is 25.8 Å². The first-order valence-corrected chi connectivity index (χ1v) is 6.72. The number of carboxylic acid groups (broad SMARTS) is 1. The van der Waals surface area contributed by atoms with Crippen LogP contribution in [0.15, 0.2) is 27.1 Å². The van der Waals surface area contributed by atoms with Crippen molar-refractivity contribution < 1.29 is 14.7 Å². The fraction of sp³-hybridized carbons (Fsp3) is 0.333. The van der Waals surface area contributed by atoms with Crippen molar-refractivity contribution in [3.63, 3.8) is 0 Å². The summed E-state index contributed by atoms with van der Waals surface area (Å²) in [6.45, 7) is 2.97. The SMILES string of the molecule is CN(C(=O)c1cc(Br)cc(Br)c1)C(C)(C)C(=O)O. The standard InChI is InChI=1S/C12H13Br2NO3/c1-12(2,11(17)18)15(3)10(16)7-4-8(13)6-9(14)5-7/h4-6H,1-3H3,(H,17,18). The Kier molecular flexibility index (Phi) is 4.55. The minimum Gasteiger partial charge on any atom is -0.480 e. The van der Waals surface area contributed by atoms with Gasteiger partial charge in [-0.3, -0.25) is 4.79 Å². The number of carbonyl (C=O) groups excluding carboxylic acids is 1. The van der Waals surface area contributed by atoms with Gasteiger partial charge in [0, 0.05) is 21.6 Å². The predicted molar refractivity (Wildman–Crippen MR) is 75.7 cm³/mol. The van der Waals surface area contributed by atoms with Crippen LogP contribution in [-0.2, 0) is 4.79 Å². The van der Waals surface area contributed by atoms with E-state index in [1.807, 2.05) is 0 Å². The lowest BCUT2D eigenvalue weighted by molar-refractivity contribution is -0.147. The minimum absolute atomic E-state index is 0.343. The number of rotatable bonds is 3. The van der Waals surface area contributed by atoms with Gasteiger partial charge in [0.1, 0.15) is 5.54 Å². The number of likely N-dealkylation sites (N-methyl/N-ethyl adjacent to an activating group) is 1. The predicted octanol–water partition coefficient (Wildman–Crippen LogP) is 3.15. The Labute approximate surface area is 122 Å². The lowest BCUT2D eigenvalue weighted by Crippen LogP contribution is -2.50. The molecule has 1 amide bonds. The van der Waals surface area contributed by atoms with Gasteiger partial charge in [-0.1, -0.05) is 31.9 Å². The quantitative estimate of drug-likeness (QED) is 0.878. The van der Waals surface area contributed by atoms with E-state index >= 15 is 0 Å². The van der Waals surface area contributed by atoms with E-state index in [2.05, 4.69) is 31.9 Å². The van der Waals surface area contributed by atoms with E-state index < -0.39 is 11.5 Å². The molecule has 1 aromatic rings. The fourth-order valence-electron chi connectivity index (χ4n) is 1.27. The van der Waals surface area contributed by atoms with Crippen LogP contribution in [-0.4, -0.2) is 34.5 Å². The Balaban J connectivity index is 3.11. The Morgan fingerprint density at radius 3 is 2.00 bits per heavy atom. The van der Waals surface area contributed by atoms with Gasteiger partial charge in [0.2, 0.25) is 0 Å². The zero-order valence-corrected chi connectivity index (χ0v) is 13.4. The first kappa shape index (κ1) is 15.2. The molecule has 0 aromatic heterocycles. The molecular formula is C12H13Br2NO3. The Hall–Kier alpha value is -0.880. The highest BCUT2D eigenvalue weighted by molar-refractivity contribution is 9.11. The van der Waals surface area contributed by atoms with E-state index in [4.69, 9.17) is 5.11 Å². The van der Waals surface area contributed by atoms with Crippen LogP contribution < -0.4 is 0 Å². The van der Waals surface area contributed by atoms with E-state index in [0.717, 1.165) is 8.95 Å². The molecule has 0 fully saturated rings. The van der Waals surface area contributed by atoms with Gasteiger partial charge in [-0.05, 0) is 32.0 Å². The van der Waals surface area contributed by atoms with Crippen molar-refractivity contribution >= 4 is 43.7 Å². The van der Waals surface area contributed by atoms with Crippen LogP contribution in [0.1, 0.15) is 24.2 Å². The minimum atomic E-state index is -1.26. The highest BCUT2D eigenvalue weighted by Crippen LogP contribution is 2.23.